The van der Waals surface area contributed by atoms with E-state index in [0.717, 1.165) is 18.9 Å². The zero-order chi connectivity index (χ0) is 14.0. The van der Waals surface area contributed by atoms with Gasteiger partial charge in [0.05, 0.1) is 12.7 Å². The van der Waals surface area contributed by atoms with Crippen LogP contribution in [-0.2, 0) is 13.6 Å². The lowest BCUT2D eigenvalue weighted by atomic mass is 10.1. The molecule has 0 spiro atoms. The number of hydrogen-bond acceptors (Lipinski definition) is 3. The van der Waals surface area contributed by atoms with Crippen LogP contribution in [0.3, 0.4) is 0 Å². The van der Waals surface area contributed by atoms with E-state index in [9.17, 15) is 0 Å². The van der Waals surface area contributed by atoms with Crippen LogP contribution in [0.1, 0.15) is 26.6 Å². The zero-order valence-electron chi connectivity index (χ0n) is 12.9. The van der Waals surface area contributed by atoms with Crippen LogP contribution in [0.4, 0.5) is 0 Å². The Bertz CT molecular complexity index is 373. The molecule has 0 unspecified atom stereocenters. The summed E-state index contributed by atoms with van der Waals surface area (Å²) in [4.78, 5) is 6.81. The molecule has 18 heavy (non-hydrogen) atoms. The third kappa shape index (κ3) is 5.45. The first-order chi connectivity index (χ1) is 8.08. The maximum Gasteiger partial charge on any atom is 0.164 e. The van der Waals surface area contributed by atoms with Crippen LogP contribution in [0.25, 0.3) is 0 Å². The molecule has 0 aliphatic carbocycles. The highest BCUT2D eigenvalue weighted by Gasteiger charge is 2.26. The Balaban J connectivity index is 2.68. The molecule has 0 N–H and O–H groups in total. The lowest BCUT2D eigenvalue weighted by molar-refractivity contribution is 0.133. The summed E-state index contributed by atoms with van der Waals surface area (Å²) in [6, 6.07) is 0. The zero-order valence-corrected chi connectivity index (χ0v) is 13.8. The smallest absolute Gasteiger partial charge is 0.164 e. The van der Waals surface area contributed by atoms with E-state index in [2.05, 4.69) is 55.7 Å². The minimum atomic E-state index is -0.726. The third-order valence-electron chi connectivity index (χ3n) is 2.97. The number of rotatable bonds is 5. The van der Waals surface area contributed by atoms with Crippen LogP contribution in [0, 0.1) is 0 Å². The van der Waals surface area contributed by atoms with Gasteiger partial charge in [0.25, 0.3) is 0 Å². The molecule has 0 aliphatic heterocycles. The highest BCUT2D eigenvalue weighted by molar-refractivity contribution is 7.73. The third-order valence-corrected chi connectivity index (χ3v) is 4.51. The minimum Gasteiger partial charge on any atom is -0.287 e. The van der Waals surface area contributed by atoms with Gasteiger partial charge in [-0.15, -0.1) is 0 Å². The summed E-state index contributed by atoms with van der Waals surface area (Å²) < 4.78 is 1.77. The van der Waals surface area contributed by atoms with Crippen molar-refractivity contribution in [3.8, 4) is 0 Å². The second kappa shape index (κ2) is 5.66. The molecule has 0 aromatic carbocycles. The molecule has 0 saturated carbocycles. The Kier molecular flexibility index (Phi) is 4.90. The number of nitrogens with zero attached hydrogens (tertiary/aromatic N) is 4. The summed E-state index contributed by atoms with van der Waals surface area (Å²) in [5.41, 5.74) is 0.161. The fourth-order valence-corrected chi connectivity index (χ4v) is 2.54. The molecule has 0 bridgehead atoms. The van der Waals surface area contributed by atoms with Gasteiger partial charge in [-0.1, -0.05) is 0 Å². The van der Waals surface area contributed by atoms with Gasteiger partial charge in [0, 0.05) is 46.4 Å². The molecular formula is C13H28N4P+. The van der Waals surface area contributed by atoms with Crippen LogP contribution in [0.2, 0.25) is 0 Å². The fraction of sp³-hybridized carbons (Fsp3) is 0.846. The molecule has 0 aliphatic rings. The Morgan fingerprint density at radius 3 is 2.28 bits per heavy atom. The first-order valence-electron chi connectivity index (χ1n) is 6.48. The van der Waals surface area contributed by atoms with E-state index in [1.165, 1.54) is 6.16 Å². The van der Waals surface area contributed by atoms with Crippen LogP contribution in [-0.4, -0.2) is 57.9 Å². The molecule has 0 radical (unpaired) electrons. The van der Waals surface area contributed by atoms with Crippen LogP contribution < -0.4 is 0 Å². The molecular weight excluding hydrogens is 243 g/mol. The van der Waals surface area contributed by atoms with Crippen molar-refractivity contribution in [2.45, 2.75) is 32.9 Å². The predicted octanol–water partition coefficient (Wildman–Crippen LogP) is 2.32. The van der Waals surface area contributed by atoms with Gasteiger partial charge in [-0.25, -0.2) is 4.98 Å². The number of aromatic nitrogens is 3. The second-order valence-corrected chi connectivity index (χ2v) is 12.0. The van der Waals surface area contributed by atoms with Gasteiger partial charge >= 0.3 is 0 Å². The van der Waals surface area contributed by atoms with E-state index >= 15 is 0 Å². The van der Waals surface area contributed by atoms with Gasteiger partial charge in [-0.3, -0.25) is 9.58 Å². The quantitative estimate of drug-likeness (QED) is 0.771. The molecule has 104 valence electrons. The Hall–Kier alpha value is -0.470. The second-order valence-electron chi connectivity index (χ2n) is 6.94. The van der Waals surface area contributed by atoms with E-state index in [0.29, 0.717) is 0 Å². The van der Waals surface area contributed by atoms with Crippen molar-refractivity contribution in [2.24, 2.45) is 7.05 Å². The van der Waals surface area contributed by atoms with Crippen molar-refractivity contribution in [3.63, 3.8) is 0 Å². The van der Waals surface area contributed by atoms with Crippen molar-refractivity contribution >= 4 is 7.26 Å². The largest absolute Gasteiger partial charge is 0.287 e. The molecule has 4 nitrogen and oxygen atoms in total. The molecule has 1 heterocycles. The minimum absolute atomic E-state index is 0.161. The number of aryl methyl sites for hydroxylation is 1. The SMILES string of the molecule is Cn1cnc(CN(CC[P+](C)(C)C)C(C)(C)C)n1. The summed E-state index contributed by atoms with van der Waals surface area (Å²) >= 11 is 0. The highest BCUT2D eigenvalue weighted by atomic mass is 31.2. The summed E-state index contributed by atoms with van der Waals surface area (Å²) in [6.45, 7) is 15.9. The van der Waals surface area contributed by atoms with E-state index in [-0.39, 0.29) is 5.54 Å². The highest BCUT2D eigenvalue weighted by Crippen LogP contribution is 2.46. The van der Waals surface area contributed by atoms with Crippen molar-refractivity contribution in [3.05, 3.63) is 12.2 Å². The molecule has 1 aromatic rings. The van der Waals surface area contributed by atoms with Gasteiger partial charge in [0.15, 0.2) is 5.82 Å². The van der Waals surface area contributed by atoms with Gasteiger partial charge < -0.3 is 0 Å². The predicted molar refractivity (Wildman–Crippen MR) is 80.7 cm³/mol. The summed E-state index contributed by atoms with van der Waals surface area (Å²) in [6.07, 6.45) is 3.06. The Morgan fingerprint density at radius 2 is 1.89 bits per heavy atom. The van der Waals surface area contributed by atoms with Gasteiger partial charge in [-0.05, 0) is 20.8 Å². The topological polar surface area (TPSA) is 34.0 Å². The number of hydrogen-bond donors (Lipinski definition) is 0. The summed E-state index contributed by atoms with van der Waals surface area (Å²) in [7, 11) is 1.19. The lowest BCUT2D eigenvalue weighted by Crippen LogP contribution is -2.42. The van der Waals surface area contributed by atoms with Crippen LogP contribution >= 0.6 is 7.26 Å². The maximum atomic E-state index is 4.38. The molecule has 0 amide bonds. The van der Waals surface area contributed by atoms with Crippen molar-refractivity contribution < 1.29 is 0 Å². The molecule has 0 saturated heterocycles. The van der Waals surface area contributed by atoms with Crippen LogP contribution in [0.5, 0.6) is 0 Å². The molecule has 1 rings (SSSR count). The Morgan fingerprint density at radius 1 is 1.28 bits per heavy atom. The standard InChI is InChI=1S/C13H28N4P/c1-13(2,3)17(8-9-18(5,6)7)10-12-14-11-16(4)15-12/h11H,8-10H2,1-7H3/q+1. The monoisotopic (exact) mass is 271 g/mol. The van der Waals surface area contributed by atoms with E-state index in [1.807, 2.05) is 7.05 Å². The summed E-state index contributed by atoms with van der Waals surface area (Å²) in [5.74, 6) is 0.916. The molecule has 1 aromatic heterocycles. The first-order valence-corrected chi connectivity index (χ1v) is 9.79. The van der Waals surface area contributed by atoms with E-state index < -0.39 is 7.26 Å². The van der Waals surface area contributed by atoms with Crippen LogP contribution in [0.15, 0.2) is 6.33 Å². The maximum absolute atomic E-state index is 4.38. The van der Waals surface area contributed by atoms with Gasteiger partial charge in [0.2, 0.25) is 0 Å². The Labute approximate surface area is 112 Å². The average molecular weight is 271 g/mol. The van der Waals surface area contributed by atoms with E-state index in [1.54, 1.807) is 11.0 Å². The molecule has 5 heteroatoms. The van der Waals surface area contributed by atoms with Crippen molar-refractivity contribution in [2.75, 3.05) is 32.7 Å². The van der Waals surface area contributed by atoms with E-state index in [4.69, 9.17) is 0 Å². The van der Waals surface area contributed by atoms with Crippen molar-refractivity contribution in [1.82, 2.24) is 19.7 Å². The lowest BCUT2D eigenvalue weighted by Gasteiger charge is -2.35. The van der Waals surface area contributed by atoms with Gasteiger partial charge in [-0.2, -0.15) is 5.10 Å². The molecule has 0 atom stereocenters. The van der Waals surface area contributed by atoms with Crippen molar-refractivity contribution in [1.29, 1.82) is 0 Å². The fourth-order valence-electron chi connectivity index (χ4n) is 1.70. The van der Waals surface area contributed by atoms with Gasteiger partial charge in [0.1, 0.15) is 6.33 Å². The summed E-state index contributed by atoms with van der Waals surface area (Å²) in [5, 5.41) is 4.38. The first kappa shape index (κ1) is 15.6. The normalized spacial score (nSPS) is 13.3. The molecule has 0 fully saturated rings. The average Bonchev–Trinajstić information content (AvgIpc) is 2.55.